The van der Waals surface area contributed by atoms with Gasteiger partial charge in [-0.1, -0.05) is 12.1 Å². The summed E-state index contributed by atoms with van der Waals surface area (Å²) in [7, 11) is 0. The Morgan fingerprint density at radius 3 is 2.44 bits per heavy atom. The number of nitrogens with one attached hydrogen (secondary N) is 1. The first-order valence-corrected chi connectivity index (χ1v) is 12.5. The molecule has 1 N–H and O–H groups in total. The molecule has 2 aromatic carbocycles. The van der Waals surface area contributed by atoms with Crippen molar-refractivity contribution in [3.8, 4) is 5.69 Å². The lowest BCUT2D eigenvalue weighted by Crippen LogP contribution is -2.36. The van der Waals surface area contributed by atoms with Gasteiger partial charge in [0.2, 0.25) is 0 Å². The molecule has 4 aromatic rings. The average Bonchev–Trinajstić information content (AvgIpc) is 3.54. The molecule has 4 heterocycles. The van der Waals surface area contributed by atoms with Gasteiger partial charge >= 0.3 is 0 Å². The van der Waals surface area contributed by atoms with Gasteiger partial charge in [0.05, 0.1) is 24.9 Å². The Hall–Kier alpha value is -3.75. The van der Waals surface area contributed by atoms with Gasteiger partial charge in [0.1, 0.15) is 11.9 Å². The van der Waals surface area contributed by atoms with Gasteiger partial charge in [-0.25, -0.2) is 4.39 Å². The molecule has 6 nitrogen and oxygen atoms in total. The fourth-order valence-corrected chi connectivity index (χ4v) is 5.42. The molecule has 2 atom stereocenters. The van der Waals surface area contributed by atoms with Crippen LogP contribution in [-0.2, 0) is 4.74 Å². The van der Waals surface area contributed by atoms with Gasteiger partial charge in [-0.05, 0) is 78.9 Å². The second-order valence-electron chi connectivity index (χ2n) is 8.90. The largest absolute Gasteiger partial charge is 0.378 e. The molecule has 2 aromatic heterocycles. The highest BCUT2D eigenvalue weighted by Crippen LogP contribution is 2.42. The van der Waals surface area contributed by atoms with Crippen LogP contribution in [0.15, 0.2) is 91.3 Å². The standard InChI is InChI=1S/C28H26FN5OS/c29-20-5-3-6-23(19-20)33-14-4-8-25(33)27-26(24-7-1-2-13-30-24)31-28(36)34(27)22-11-9-21(10-12-22)32-15-17-35-18-16-32/h1-14,19,26-27H,15-18H2,(H,31,36)/t26-,27-/m1/s1. The van der Waals surface area contributed by atoms with E-state index in [1.54, 1.807) is 18.3 Å². The third kappa shape index (κ3) is 4.23. The van der Waals surface area contributed by atoms with Crippen molar-refractivity contribution in [1.82, 2.24) is 14.9 Å². The molecule has 0 radical (unpaired) electrons. The number of hydrogen-bond acceptors (Lipinski definition) is 4. The molecule has 8 heteroatoms. The van der Waals surface area contributed by atoms with E-state index in [1.807, 2.05) is 41.1 Å². The first-order chi connectivity index (χ1) is 17.7. The van der Waals surface area contributed by atoms with Crippen molar-refractivity contribution in [1.29, 1.82) is 0 Å². The highest BCUT2D eigenvalue weighted by atomic mass is 32.1. The number of morpholine rings is 1. The number of rotatable bonds is 5. The fraction of sp³-hybridized carbons (Fsp3) is 0.214. The van der Waals surface area contributed by atoms with E-state index in [1.165, 1.54) is 11.8 Å². The van der Waals surface area contributed by atoms with E-state index in [0.717, 1.165) is 49.1 Å². The molecular weight excluding hydrogens is 473 g/mol. The van der Waals surface area contributed by atoms with Crippen LogP contribution in [0.5, 0.6) is 0 Å². The molecule has 2 fully saturated rings. The van der Waals surface area contributed by atoms with Crippen molar-refractivity contribution in [3.63, 3.8) is 0 Å². The fourth-order valence-electron chi connectivity index (χ4n) is 5.08. The van der Waals surface area contributed by atoms with Crippen LogP contribution in [0.3, 0.4) is 0 Å². The van der Waals surface area contributed by atoms with Crippen LogP contribution in [0.2, 0.25) is 0 Å². The lowest BCUT2D eigenvalue weighted by atomic mass is 10.0. The summed E-state index contributed by atoms with van der Waals surface area (Å²) in [6.45, 7) is 3.25. The van der Waals surface area contributed by atoms with Crippen LogP contribution in [-0.4, -0.2) is 41.0 Å². The van der Waals surface area contributed by atoms with Gasteiger partial charge < -0.3 is 24.4 Å². The average molecular weight is 500 g/mol. The van der Waals surface area contributed by atoms with E-state index in [-0.39, 0.29) is 17.9 Å². The van der Waals surface area contributed by atoms with Crippen molar-refractivity contribution < 1.29 is 9.13 Å². The van der Waals surface area contributed by atoms with Gasteiger partial charge in [-0.3, -0.25) is 4.98 Å². The third-order valence-corrected chi connectivity index (χ3v) is 7.09. The molecule has 0 saturated carbocycles. The van der Waals surface area contributed by atoms with Crippen LogP contribution < -0.4 is 15.1 Å². The molecule has 2 aliphatic heterocycles. The molecule has 36 heavy (non-hydrogen) atoms. The van der Waals surface area contributed by atoms with E-state index < -0.39 is 0 Å². The van der Waals surface area contributed by atoms with Crippen LogP contribution >= 0.6 is 12.2 Å². The van der Waals surface area contributed by atoms with Gasteiger partial charge in [-0.15, -0.1) is 0 Å². The minimum absolute atomic E-state index is 0.181. The lowest BCUT2D eigenvalue weighted by Gasteiger charge is -2.31. The zero-order valence-corrected chi connectivity index (χ0v) is 20.4. The molecule has 2 aliphatic rings. The third-order valence-electron chi connectivity index (χ3n) is 6.77. The highest BCUT2D eigenvalue weighted by molar-refractivity contribution is 7.80. The van der Waals surface area contributed by atoms with Crippen molar-refractivity contribution >= 4 is 28.7 Å². The van der Waals surface area contributed by atoms with E-state index in [2.05, 4.69) is 50.4 Å². The van der Waals surface area contributed by atoms with Crippen LogP contribution in [0, 0.1) is 5.82 Å². The number of halogens is 1. The van der Waals surface area contributed by atoms with Crippen molar-refractivity contribution in [2.75, 3.05) is 36.1 Å². The smallest absolute Gasteiger partial charge is 0.174 e. The molecule has 2 saturated heterocycles. The zero-order valence-electron chi connectivity index (χ0n) is 19.6. The van der Waals surface area contributed by atoms with E-state index >= 15 is 0 Å². The van der Waals surface area contributed by atoms with Gasteiger partial charge in [0, 0.05) is 48.2 Å². The second-order valence-corrected chi connectivity index (χ2v) is 9.28. The Kier molecular flexibility index (Phi) is 6.13. The second kappa shape index (κ2) is 9.72. The number of thiocarbonyl (C=S) groups is 1. The zero-order chi connectivity index (χ0) is 24.5. The molecule has 6 rings (SSSR count). The lowest BCUT2D eigenvalue weighted by molar-refractivity contribution is 0.122. The number of nitrogens with zero attached hydrogens (tertiary/aromatic N) is 4. The first kappa shape index (κ1) is 22.7. The van der Waals surface area contributed by atoms with Crippen molar-refractivity contribution in [3.05, 3.63) is 108 Å². The predicted octanol–water partition coefficient (Wildman–Crippen LogP) is 5.03. The summed E-state index contributed by atoms with van der Waals surface area (Å²) in [6.07, 6.45) is 3.75. The summed E-state index contributed by atoms with van der Waals surface area (Å²) in [5, 5.41) is 4.13. The highest BCUT2D eigenvalue weighted by Gasteiger charge is 2.42. The maximum atomic E-state index is 14.1. The maximum absolute atomic E-state index is 14.1. The van der Waals surface area contributed by atoms with Gasteiger partial charge in [0.15, 0.2) is 5.11 Å². The minimum atomic E-state index is -0.274. The molecule has 0 unspecified atom stereocenters. The molecule has 0 amide bonds. The van der Waals surface area contributed by atoms with Crippen LogP contribution in [0.4, 0.5) is 15.8 Å². The number of anilines is 2. The van der Waals surface area contributed by atoms with Crippen molar-refractivity contribution in [2.45, 2.75) is 12.1 Å². The number of pyridine rings is 1. The van der Waals surface area contributed by atoms with Crippen LogP contribution in [0.25, 0.3) is 5.69 Å². The predicted molar refractivity (Wildman–Crippen MR) is 143 cm³/mol. The number of aromatic nitrogens is 2. The Morgan fingerprint density at radius 1 is 0.889 bits per heavy atom. The van der Waals surface area contributed by atoms with E-state index in [4.69, 9.17) is 17.0 Å². The maximum Gasteiger partial charge on any atom is 0.174 e. The molecule has 0 spiro atoms. The topological polar surface area (TPSA) is 45.6 Å². The molecular formula is C28H26FN5OS. The Labute approximate surface area is 214 Å². The summed E-state index contributed by atoms with van der Waals surface area (Å²) in [6, 6.07) is 24.7. The van der Waals surface area contributed by atoms with E-state index in [9.17, 15) is 4.39 Å². The summed E-state index contributed by atoms with van der Waals surface area (Å²) < 4.78 is 21.6. The first-order valence-electron chi connectivity index (χ1n) is 12.1. The monoisotopic (exact) mass is 499 g/mol. The normalized spacial score (nSPS) is 20.0. The molecule has 0 aliphatic carbocycles. The Balaban J connectivity index is 1.42. The Morgan fingerprint density at radius 2 is 1.69 bits per heavy atom. The van der Waals surface area contributed by atoms with Crippen LogP contribution in [0.1, 0.15) is 23.5 Å². The SMILES string of the molecule is Fc1cccc(-n2cccc2[C@@H]2[C@@H](c3ccccn3)NC(=S)N2c2ccc(N3CCOCC3)cc2)c1. The Bertz CT molecular complexity index is 1350. The summed E-state index contributed by atoms with van der Waals surface area (Å²) in [5.74, 6) is -0.274. The van der Waals surface area contributed by atoms with Crippen molar-refractivity contribution in [2.24, 2.45) is 0 Å². The molecule has 0 bridgehead atoms. The number of ether oxygens (including phenoxy) is 1. The minimum Gasteiger partial charge on any atom is -0.378 e. The van der Waals surface area contributed by atoms with Gasteiger partial charge in [0.25, 0.3) is 0 Å². The number of benzene rings is 2. The van der Waals surface area contributed by atoms with Gasteiger partial charge in [-0.2, -0.15) is 0 Å². The number of hydrogen-bond donors (Lipinski definition) is 1. The summed E-state index contributed by atoms with van der Waals surface area (Å²) in [5.41, 5.74) is 4.79. The summed E-state index contributed by atoms with van der Waals surface area (Å²) >= 11 is 5.88. The van der Waals surface area contributed by atoms with E-state index in [0.29, 0.717) is 5.11 Å². The molecule has 182 valence electrons. The quantitative estimate of drug-likeness (QED) is 0.389. The summed E-state index contributed by atoms with van der Waals surface area (Å²) in [4.78, 5) is 9.11.